The fourth-order valence-corrected chi connectivity index (χ4v) is 3.61. The number of para-hydroxylation sites is 1. The molecule has 9 heteroatoms. The summed E-state index contributed by atoms with van der Waals surface area (Å²) in [7, 11) is 0. The molecule has 1 aliphatic rings. The summed E-state index contributed by atoms with van der Waals surface area (Å²) >= 11 is 12.2. The van der Waals surface area contributed by atoms with Gasteiger partial charge in [-0.25, -0.2) is 4.39 Å². The van der Waals surface area contributed by atoms with Crippen LogP contribution in [0.3, 0.4) is 0 Å². The van der Waals surface area contributed by atoms with Crippen molar-refractivity contribution in [3.63, 3.8) is 0 Å². The van der Waals surface area contributed by atoms with Crippen LogP contribution < -0.4 is 19.7 Å². The Hall–Kier alpha value is -3.29. The van der Waals surface area contributed by atoms with E-state index in [0.29, 0.717) is 27.9 Å². The molecule has 6 nitrogen and oxygen atoms in total. The monoisotopic (exact) mass is 474 g/mol. The topological polar surface area (TPSA) is 67.9 Å². The lowest BCUT2D eigenvalue weighted by molar-refractivity contribution is -0.121. The standard InChI is InChI=1S/C23H17Cl2FN2O4/c24-16-5-3-6-18(26)15(16)11-28-19-10-14(8-9-21(19)32-13-23(28)30)27-22(29)12-31-20-7-2-1-4-17(20)25/h1-10H,11-13H2,(H,27,29). The number of rotatable bonds is 6. The molecule has 0 fully saturated rings. The van der Waals surface area contributed by atoms with Crippen LogP contribution in [-0.2, 0) is 16.1 Å². The maximum Gasteiger partial charge on any atom is 0.265 e. The van der Waals surface area contributed by atoms with Crippen LogP contribution in [0, 0.1) is 5.82 Å². The largest absolute Gasteiger partial charge is 0.482 e. The Kier molecular flexibility index (Phi) is 6.48. The molecule has 0 spiro atoms. The van der Waals surface area contributed by atoms with Gasteiger partial charge in [-0.1, -0.05) is 41.4 Å². The Morgan fingerprint density at radius 1 is 1.09 bits per heavy atom. The average molecular weight is 475 g/mol. The molecule has 3 aromatic carbocycles. The first kappa shape index (κ1) is 21.9. The van der Waals surface area contributed by atoms with E-state index >= 15 is 0 Å². The van der Waals surface area contributed by atoms with Crippen LogP contribution in [0.5, 0.6) is 11.5 Å². The highest BCUT2D eigenvalue weighted by atomic mass is 35.5. The van der Waals surface area contributed by atoms with E-state index in [9.17, 15) is 14.0 Å². The number of nitrogens with one attached hydrogen (secondary N) is 1. The Labute approximate surface area is 193 Å². The molecule has 1 heterocycles. The Balaban J connectivity index is 1.51. The number of ether oxygens (including phenoxy) is 2. The van der Waals surface area contributed by atoms with Crippen molar-refractivity contribution in [2.45, 2.75) is 6.54 Å². The minimum Gasteiger partial charge on any atom is -0.482 e. The molecule has 1 aliphatic heterocycles. The van der Waals surface area contributed by atoms with Gasteiger partial charge in [0.15, 0.2) is 13.2 Å². The van der Waals surface area contributed by atoms with E-state index in [1.54, 1.807) is 48.5 Å². The number of benzene rings is 3. The third kappa shape index (κ3) is 4.79. The Bertz CT molecular complexity index is 1170. The molecule has 164 valence electrons. The molecule has 1 N–H and O–H groups in total. The van der Waals surface area contributed by atoms with Crippen LogP contribution in [0.4, 0.5) is 15.8 Å². The third-order valence-electron chi connectivity index (χ3n) is 4.76. The maximum atomic E-state index is 14.3. The molecular weight excluding hydrogens is 458 g/mol. The van der Waals surface area contributed by atoms with Gasteiger partial charge < -0.3 is 19.7 Å². The minimum atomic E-state index is -0.514. The van der Waals surface area contributed by atoms with E-state index in [2.05, 4.69) is 5.32 Å². The zero-order valence-corrected chi connectivity index (χ0v) is 18.1. The first-order valence-corrected chi connectivity index (χ1v) is 10.4. The average Bonchev–Trinajstić information content (AvgIpc) is 2.77. The van der Waals surface area contributed by atoms with Crippen molar-refractivity contribution in [2.24, 2.45) is 0 Å². The summed E-state index contributed by atoms with van der Waals surface area (Å²) in [4.78, 5) is 26.2. The van der Waals surface area contributed by atoms with Crippen molar-refractivity contribution in [3.8, 4) is 11.5 Å². The van der Waals surface area contributed by atoms with E-state index in [1.165, 1.54) is 17.0 Å². The number of amides is 2. The molecule has 4 rings (SSSR count). The van der Waals surface area contributed by atoms with Crippen LogP contribution in [0.15, 0.2) is 60.7 Å². The van der Waals surface area contributed by atoms with Gasteiger partial charge in [-0.15, -0.1) is 0 Å². The zero-order chi connectivity index (χ0) is 22.7. The summed E-state index contributed by atoms with van der Waals surface area (Å²) in [5.41, 5.74) is 1.00. The lowest BCUT2D eigenvalue weighted by atomic mass is 10.1. The zero-order valence-electron chi connectivity index (χ0n) is 16.6. The number of anilines is 2. The van der Waals surface area contributed by atoms with Crippen molar-refractivity contribution in [2.75, 3.05) is 23.4 Å². The second kappa shape index (κ2) is 9.46. The van der Waals surface area contributed by atoms with Crippen molar-refractivity contribution >= 4 is 46.4 Å². The van der Waals surface area contributed by atoms with Gasteiger partial charge in [-0.05, 0) is 42.5 Å². The number of hydrogen-bond donors (Lipinski definition) is 1. The Morgan fingerprint density at radius 2 is 1.88 bits per heavy atom. The molecule has 0 aromatic heterocycles. The predicted molar refractivity (Wildman–Crippen MR) is 120 cm³/mol. The van der Waals surface area contributed by atoms with Crippen LogP contribution in [-0.4, -0.2) is 25.0 Å². The van der Waals surface area contributed by atoms with Gasteiger partial charge in [-0.2, -0.15) is 0 Å². The van der Waals surface area contributed by atoms with Gasteiger partial charge in [0.1, 0.15) is 17.3 Å². The fourth-order valence-electron chi connectivity index (χ4n) is 3.20. The number of fused-ring (bicyclic) bond motifs is 1. The molecule has 0 unspecified atom stereocenters. The highest BCUT2D eigenvalue weighted by molar-refractivity contribution is 6.32. The van der Waals surface area contributed by atoms with Crippen molar-refractivity contribution in [1.82, 2.24) is 0 Å². The molecule has 0 saturated carbocycles. The second-order valence-corrected chi connectivity index (χ2v) is 7.73. The molecule has 0 aliphatic carbocycles. The first-order valence-electron chi connectivity index (χ1n) is 9.59. The summed E-state index contributed by atoms with van der Waals surface area (Å²) < 4.78 is 25.2. The highest BCUT2D eigenvalue weighted by Gasteiger charge is 2.27. The van der Waals surface area contributed by atoms with Crippen molar-refractivity contribution in [1.29, 1.82) is 0 Å². The van der Waals surface area contributed by atoms with Gasteiger partial charge in [0, 0.05) is 16.3 Å². The smallest absolute Gasteiger partial charge is 0.265 e. The summed E-state index contributed by atoms with van der Waals surface area (Å²) in [6.07, 6.45) is 0. The first-order chi connectivity index (χ1) is 15.4. The van der Waals surface area contributed by atoms with E-state index < -0.39 is 11.7 Å². The predicted octanol–water partition coefficient (Wildman–Crippen LogP) is 5.08. The molecule has 0 atom stereocenters. The summed E-state index contributed by atoms with van der Waals surface area (Å²) in [5.74, 6) is -0.470. The van der Waals surface area contributed by atoms with Crippen LogP contribution in [0.1, 0.15) is 5.56 Å². The summed E-state index contributed by atoms with van der Waals surface area (Å²) in [6, 6.07) is 16.0. The van der Waals surface area contributed by atoms with Crippen LogP contribution >= 0.6 is 23.2 Å². The third-order valence-corrected chi connectivity index (χ3v) is 5.43. The van der Waals surface area contributed by atoms with E-state index in [0.717, 1.165) is 0 Å². The molecule has 3 aromatic rings. The van der Waals surface area contributed by atoms with Gasteiger partial charge >= 0.3 is 0 Å². The number of carbonyl (C=O) groups excluding carboxylic acids is 2. The van der Waals surface area contributed by atoms with E-state index in [4.69, 9.17) is 32.7 Å². The SMILES string of the molecule is O=C(COc1ccccc1Cl)Nc1ccc2c(c1)N(Cc1c(F)cccc1Cl)C(=O)CO2. The maximum absolute atomic E-state index is 14.3. The molecule has 2 amide bonds. The summed E-state index contributed by atoms with van der Waals surface area (Å²) in [6.45, 7) is -0.519. The van der Waals surface area contributed by atoms with E-state index in [1.807, 2.05) is 0 Å². The Morgan fingerprint density at radius 3 is 2.66 bits per heavy atom. The lowest BCUT2D eigenvalue weighted by Gasteiger charge is -2.30. The van der Waals surface area contributed by atoms with Crippen molar-refractivity contribution < 1.29 is 23.5 Å². The van der Waals surface area contributed by atoms with Gasteiger partial charge in [-0.3, -0.25) is 9.59 Å². The highest BCUT2D eigenvalue weighted by Crippen LogP contribution is 2.36. The number of carbonyl (C=O) groups is 2. The quantitative estimate of drug-likeness (QED) is 0.541. The fraction of sp³-hybridized carbons (Fsp3) is 0.130. The minimum absolute atomic E-state index is 0.0757. The molecular formula is C23H17Cl2FN2O4. The van der Waals surface area contributed by atoms with Crippen LogP contribution in [0.25, 0.3) is 0 Å². The van der Waals surface area contributed by atoms with Gasteiger partial charge in [0.25, 0.3) is 11.8 Å². The second-order valence-electron chi connectivity index (χ2n) is 6.92. The van der Waals surface area contributed by atoms with E-state index in [-0.39, 0.29) is 36.3 Å². The summed E-state index contributed by atoms with van der Waals surface area (Å²) in [5, 5.41) is 3.31. The lowest BCUT2D eigenvalue weighted by Crippen LogP contribution is -2.38. The number of halogens is 3. The normalized spacial score (nSPS) is 12.7. The molecule has 0 radical (unpaired) electrons. The van der Waals surface area contributed by atoms with Gasteiger partial charge in [0.2, 0.25) is 0 Å². The van der Waals surface area contributed by atoms with Crippen LogP contribution in [0.2, 0.25) is 10.0 Å². The number of hydrogen-bond acceptors (Lipinski definition) is 4. The number of nitrogens with zero attached hydrogens (tertiary/aromatic N) is 1. The molecule has 0 saturated heterocycles. The molecule has 0 bridgehead atoms. The van der Waals surface area contributed by atoms with Gasteiger partial charge in [0.05, 0.1) is 17.3 Å². The molecule has 32 heavy (non-hydrogen) atoms. The van der Waals surface area contributed by atoms with Crippen molar-refractivity contribution in [3.05, 3.63) is 82.1 Å².